The van der Waals surface area contributed by atoms with Crippen LogP contribution in [0.4, 0.5) is 0 Å². The second-order valence-corrected chi connectivity index (χ2v) is 5.79. The lowest BCUT2D eigenvalue weighted by atomic mass is 10.1. The van der Waals surface area contributed by atoms with Gasteiger partial charge in [0.1, 0.15) is 5.75 Å². The van der Waals surface area contributed by atoms with E-state index in [0.717, 1.165) is 11.3 Å². The van der Waals surface area contributed by atoms with Crippen molar-refractivity contribution >= 4 is 23.6 Å². The van der Waals surface area contributed by atoms with Crippen molar-refractivity contribution < 1.29 is 19.4 Å². The molecule has 0 spiro atoms. The van der Waals surface area contributed by atoms with Gasteiger partial charge < -0.3 is 14.7 Å². The number of hydrogen-bond donors (Lipinski definition) is 1. The molecule has 1 N–H and O–H groups in total. The molecule has 0 radical (unpaired) electrons. The Balaban J connectivity index is 2.54. The molecule has 1 aromatic carbocycles. The average molecular weight is 311 g/mol. The molecule has 0 saturated heterocycles. The summed E-state index contributed by atoms with van der Waals surface area (Å²) in [5.41, 5.74) is 0.977. The molecule has 0 aromatic heterocycles. The molecule has 0 aliphatic rings. The topological polar surface area (TPSA) is 66.8 Å². The van der Waals surface area contributed by atoms with E-state index in [9.17, 15) is 9.59 Å². The van der Waals surface area contributed by atoms with Gasteiger partial charge in [0, 0.05) is 25.3 Å². The zero-order valence-corrected chi connectivity index (χ0v) is 13.4. The first-order valence-corrected chi connectivity index (χ1v) is 8.01. The lowest BCUT2D eigenvalue weighted by Crippen LogP contribution is -2.32. The predicted molar refractivity (Wildman–Crippen MR) is 83.6 cm³/mol. The van der Waals surface area contributed by atoms with Gasteiger partial charge in [-0.3, -0.25) is 4.79 Å². The van der Waals surface area contributed by atoms with E-state index in [1.165, 1.54) is 0 Å². The van der Waals surface area contributed by atoms with E-state index in [1.807, 2.05) is 25.3 Å². The van der Waals surface area contributed by atoms with Crippen LogP contribution in [0, 0.1) is 5.92 Å². The molecule has 1 rings (SSSR count). The number of carbonyl (C=O) groups is 2. The third-order valence-electron chi connectivity index (χ3n) is 2.92. The Morgan fingerprint density at radius 2 is 1.95 bits per heavy atom. The molecule has 5 nitrogen and oxygen atoms in total. The maximum absolute atomic E-state index is 12.1. The minimum atomic E-state index is -1.01. The van der Waals surface area contributed by atoms with E-state index in [4.69, 9.17) is 9.84 Å². The Kier molecular flexibility index (Phi) is 7.08. The fraction of sp³-hybridized carbons (Fsp3) is 0.467. The van der Waals surface area contributed by atoms with Gasteiger partial charge in [-0.2, -0.15) is 11.8 Å². The normalized spacial score (nSPS) is 11.8. The molecule has 116 valence electrons. The van der Waals surface area contributed by atoms with E-state index in [0.29, 0.717) is 12.3 Å². The highest BCUT2D eigenvalue weighted by Gasteiger charge is 2.16. The highest BCUT2D eigenvalue weighted by molar-refractivity contribution is 7.98. The van der Waals surface area contributed by atoms with Gasteiger partial charge in [-0.15, -0.1) is 0 Å². The van der Waals surface area contributed by atoms with Crippen LogP contribution in [0.2, 0.25) is 0 Å². The van der Waals surface area contributed by atoms with Crippen molar-refractivity contribution in [3.05, 3.63) is 29.8 Å². The summed E-state index contributed by atoms with van der Waals surface area (Å²) in [6, 6.07) is 7.09. The summed E-state index contributed by atoms with van der Waals surface area (Å²) in [5, 5.41) is 8.53. The summed E-state index contributed by atoms with van der Waals surface area (Å²) >= 11 is 1.66. The number of aliphatic carboxylic acids is 1. The number of carbonyl (C=O) groups excluding carboxylic acids is 1. The van der Waals surface area contributed by atoms with E-state index in [-0.39, 0.29) is 18.4 Å². The summed E-state index contributed by atoms with van der Waals surface area (Å²) in [6.45, 7) is 2.10. The second-order valence-electron chi connectivity index (χ2n) is 4.88. The van der Waals surface area contributed by atoms with Crippen molar-refractivity contribution in [2.75, 3.05) is 25.7 Å². The fourth-order valence-electron chi connectivity index (χ4n) is 1.89. The molecule has 1 atom stereocenters. The Bertz CT molecular complexity index is 475. The first-order valence-electron chi connectivity index (χ1n) is 6.61. The summed E-state index contributed by atoms with van der Waals surface area (Å²) in [7, 11) is 1.79. The molecule has 21 heavy (non-hydrogen) atoms. The summed E-state index contributed by atoms with van der Waals surface area (Å²) < 4.78 is 5.06. The molecule has 1 aromatic rings. The fourth-order valence-corrected chi connectivity index (χ4v) is 2.53. The van der Waals surface area contributed by atoms with Crippen molar-refractivity contribution in [3.63, 3.8) is 0 Å². The SMILES string of the molecule is CSCC(C)C(=O)N(C)Cc1ccc(OCC(=O)O)cc1. The lowest BCUT2D eigenvalue weighted by molar-refractivity contribution is -0.139. The molecular weight excluding hydrogens is 290 g/mol. The van der Waals surface area contributed by atoms with E-state index >= 15 is 0 Å². The number of carboxylic acids is 1. The number of nitrogens with zero attached hydrogens (tertiary/aromatic N) is 1. The molecular formula is C15H21NO4S. The van der Waals surface area contributed by atoms with Gasteiger partial charge in [0.15, 0.2) is 6.61 Å². The summed E-state index contributed by atoms with van der Waals surface area (Å²) in [6.07, 6.45) is 1.99. The second kappa shape index (κ2) is 8.56. The Labute approximate surface area is 129 Å². The molecule has 0 aliphatic heterocycles. The van der Waals surface area contributed by atoms with Crippen LogP contribution in [-0.2, 0) is 16.1 Å². The standard InChI is InChI=1S/C15H21NO4S/c1-11(10-21-3)15(19)16(2)8-12-4-6-13(7-5-12)20-9-14(17)18/h4-7,11H,8-10H2,1-3H3,(H,17,18). The minimum Gasteiger partial charge on any atom is -0.482 e. The van der Waals surface area contributed by atoms with Crippen LogP contribution in [-0.4, -0.2) is 47.5 Å². The van der Waals surface area contributed by atoms with Crippen molar-refractivity contribution in [3.8, 4) is 5.75 Å². The number of hydrogen-bond acceptors (Lipinski definition) is 4. The molecule has 0 bridgehead atoms. The number of ether oxygens (including phenoxy) is 1. The predicted octanol–water partition coefficient (Wildman–Crippen LogP) is 2.11. The van der Waals surface area contributed by atoms with Crippen molar-refractivity contribution in [1.29, 1.82) is 0 Å². The van der Waals surface area contributed by atoms with Crippen LogP contribution < -0.4 is 4.74 Å². The number of thioether (sulfide) groups is 1. The van der Waals surface area contributed by atoms with E-state index < -0.39 is 5.97 Å². The molecule has 0 fully saturated rings. The smallest absolute Gasteiger partial charge is 0.341 e. The van der Waals surface area contributed by atoms with Crippen LogP contribution >= 0.6 is 11.8 Å². The maximum Gasteiger partial charge on any atom is 0.341 e. The Morgan fingerprint density at radius 1 is 1.33 bits per heavy atom. The molecule has 0 saturated carbocycles. The van der Waals surface area contributed by atoms with Crippen LogP contribution in [0.5, 0.6) is 5.75 Å². The first kappa shape index (κ1) is 17.4. The third-order valence-corrected chi connectivity index (χ3v) is 3.75. The van der Waals surface area contributed by atoms with Crippen LogP contribution in [0.25, 0.3) is 0 Å². The Morgan fingerprint density at radius 3 is 2.48 bits per heavy atom. The van der Waals surface area contributed by atoms with Crippen molar-refractivity contribution in [1.82, 2.24) is 4.90 Å². The quantitative estimate of drug-likeness (QED) is 0.796. The zero-order chi connectivity index (χ0) is 15.8. The van der Waals surface area contributed by atoms with Gasteiger partial charge in [-0.25, -0.2) is 4.79 Å². The third kappa shape index (κ3) is 6.08. The molecule has 6 heteroatoms. The Hall–Kier alpha value is -1.69. The molecule has 0 heterocycles. The van der Waals surface area contributed by atoms with Gasteiger partial charge in [-0.05, 0) is 24.0 Å². The van der Waals surface area contributed by atoms with Gasteiger partial charge in [0.05, 0.1) is 0 Å². The number of carboxylic acid groups (broad SMARTS) is 1. The first-order chi connectivity index (χ1) is 9.93. The van der Waals surface area contributed by atoms with Crippen LogP contribution in [0.1, 0.15) is 12.5 Å². The minimum absolute atomic E-state index is 0.00294. The van der Waals surface area contributed by atoms with Gasteiger partial charge in [0.25, 0.3) is 0 Å². The highest BCUT2D eigenvalue weighted by atomic mass is 32.2. The summed E-state index contributed by atoms with van der Waals surface area (Å²) in [5.74, 6) is 0.433. The molecule has 1 amide bonds. The zero-order valence-electron chi connectivity index (χ0n) is 12.5. The monoisotopic (exact) mass is 311 g/mol. The number of benzene rings is 1. The van der Waals surface area contributed by atoms with Crippen LogP contribution in [0.3, 0.4) is 0 Å². The molecule has 0 aliphatic carbocycles. The van der Waals surface area contributed by atoms with Crippen LogP contribution in [0.15, 0.2) is 24.3 Å². The van der Waals surface area contributed by atoms with E-state index in [2.05, 4.69) is 0 Å². The highest BCUT2D eigenvalue weighted by Crippen LogP contribution is 2.15. The summed E-state index contributed by atoms with van der Waals surface area (Å²) in [4.78, 5) is 24.2. The largest absolute Gasteiger partial charge is 0.482 e. The molecule has 1 unspecified atom stereocenters. The van der Waals surface area contributed by atoms with Crippen molar-refractivity contribution in [2.45, 2.75) is 13.5 Å². The number of amides is 1. The van der Waals surface area contributed by atoms with Gasteiger partial charge >= 0.3 is 5.97 Å². The average Bonchev–Trinajstić information content (AvgIpc) is 2.45. The maximum atomic E-state index is 12.1. The van der Waals surface area contributed by atoms with Gasteiger partial charge in [-0.1, -0.05) is 19.1 Å². The lowest BCUT2D eigenvalue weighted by Gasteiger charge is -2.21. The number of rotatable bonds is 8. The van der Waals surface area contributed by atoms with E-state index in [1.54, 1.807) is 35.8 Å². The van der Waals surface area contributed by atoms with Crippen molar-refractivity contribution in [2.24, 2.45) is 5.92 Å². The van der Waals surface area contributed by atoms with Gasteiger partial charge in [0.2, 0.25) is 5.91 Å².